The van der Waals surface area contributed by atoms with E-state index in [0.717, 1.165) is 180 Å². The monoisotopic (exact) mass is 1390 g/mol. The van der Waals surface area contributed by atoms with Crippen LogP contribution in [0, 0.1) is 0 Å². The van der Waals surface area contributed by atoms with E-state index in [1.54, 1.807) is 0 Å². The van der Waals surface area contributed by atoms with Crippen LogP contribution in [0.2, 0.25) is 0 Å². The molecule has 5 unspecified atom stereocenters. The average molecular weight is 1390 g/mol. The van der Waals surface area contributed by atoms with E-state index in [2.05, 4.69) is 125 Å². The van der Waals surface area contributed by atoms with Gasteiger partial charge in [0.25, 0.3) is 0 Å². The Morgan fingerprint density at radius 2 is 0.552 bits per heavy atom. The summed E-state index contributed by atoms with van der Waals surface area (Å²) in [5.41, 5.74) is 0. The minimum Gasteiger partial charge on any atom is -0.462 e. The lowest BCUT2D eigenvalue weighted by atomic mass is 10.1. The molecule has 554 valence electrons. The number of hydrogen-bond acceptors (Lipinski definition) is 15. The molecule has 0 heterocycles. The molecule has 0 aliphatic carbocycles. The van der Waals surface area contributed by atoms with E-state index in [1.807, 2.05) is 0 Å². The topological polar surface area (TPSA) is 237 Å². The van der Waals surface area contributed by atoms with Crippen LogP contribution >= 0.6 is 15.6 Å². The number of unbranched alkanes of at least 4 members (excludes halogenated alkanes) is 28. The van der Waals surface area contributed by atoms with Gasteiger partial charge in [-0.2, -0.15) is 0 Å². The summed E-state index contributed by atoms with van der Waals surface area (Å²) in [4.78, 5) is 72.7. The van der Waals surface area contributed by atoms with Crippen molar-refractivity contribution in [2.75, 3.05) is 39.6 Å². The number of aliphatic hydroxyl groups excluding tert-OH is 1. The van der Waals surface area contributed by atoms with Gasteiger partial charge in [0.05, 0.1) is 26.4 Å². The Labute approximate surface area is 582 Å². The molecule has 0 rings (SSSR count). The van der Waals surface area contributed by atoms with Crippen LogP contribution in [0.4, 0.5) is 0 Å². The highest BCUT2D eigenvalue weighted by Gasteiger charge is 2.30. The molecule has 0 aromatic rings. The summed E-state index contributed by atoms with van der Waals surface area (Å²) in [6, 6.07) is 0. The van der Waals surface area contributed by atoms with Gasteiger partial charge in [0.15, 0.2) is 12.2 Å². The Kier molecular flexibility index (Phi) is 66.6. The number of hydrogen-bond donors (Lipinski definition) is 3. The first-order valence-corrected chi connectivity index (χ1v) is 40.5. The number of allylic oxidation sites excluding steroid dienone is 16. The molecule has 0 bridgehead atoms. The molecule has 0 aromatic carbocycles. The van der Waals surface area contributed by atoms with E-state index in [-0.39, 0.29) is 25.7 Å². The van der Waals surface area contributed by atoms with Crippen LogP contribution in [-0.4, -0.2) is 96.7 Å². The molecular weight excluding hydrogens is 1260 g/mol. The van der Waals surface area contributed by atoms with Gasteiger partial charge >= 0.3 is 39.5 Å². The Morgan fingerprint density at radius 3 is 0.875 bits per heavy atom. The van der Waals surface area contributed by atoms with Gasteiger partial charge in [-0.15, -0.1) is 0 Å². The Bertz CT molecular complexity index is 2200. The summed E-state index contributed by atoms with van der Waals surface area (Å²) in [7, 11) is -9.94. The average Bonchev–Trinajstić information content (AvgIpc) is 1.15. The molecule has 17 nitrogen and oxygen atoms in total. The van der Waals surface area contributed by atoms with Crippen molar-refractivity contribution < 1.29 is 80.2 Å². The van der Waals surface area contributed by atoms with E-state index in [0.29, 0.717) is 25.7 Å². The third-order valence-corrected chi connectivity index (χ3v) is 17.4. The molecule has 0 fully saturated rings. The second-order valence-corrected chi connectivity index (χ2v) is 27.7. The van der Waals surface area contributed by atoms with E-state index >= 15 is 0 Å². The van der Waals surface area contributed by atoms with Crippen molar-refractivity contribution in [1.82, 2.24) is 0 Å². The Hall–Kier alpha value is -4.02. The maximum absolute atomic E-state index is 13.0. The van der Waals surface area contributed by atoms with Crippen LogP contribution in [0.25, 0.3) is 0 Å². The predicted molar refractivity (Wildman–Crippen MR) is 390 cm³/mol. The molecule has 0 saturated carbocycles. The minimum atomic E-state index is -4.97. The lowest BCUT2D eigenvalue weighted by Gasteiger charge is -2.21. The second-order valence-electron chi connectivity index (χ2n) is 24.8. The normalized spacial score (nSPS) is 14.5. The third-order valence-electron chi connectivity index (χ3n) is 15.5. The highest BCUT2D eigenvalue weighted by atomic mass is 31.2. The maximum Gasteiger partial charge on any atom is 0.472 e. The SMILES string of the molecule is CC/C=C\C/C=C\C/C=C\C/C=C\CCCCCCCCC(=O)OCC(COP(=O)(O)OCC(O)COP(=O)(O)OCC(COC(=O)CCCCCCC/C=C\C/C=C\C/C=C\CC)OC(=O)CCCCCCC/C=C\CCCC)OC(=O)CCCCCCCCCCCCC. The zero-order valence-corrected chi connectivity index (χ0v) is 62.1. The van der Waals surface area contributed by atoms with Gasteiger partial charge in [0.1, 0.15) is 19.3 Å². The number of esters is 4. The van der Waals surface area contributed by atoms with Crippen LogP contribution in [0.1, 0.15) is 310 Å². The van der Waals surface area contributed by atoms with E-state index in [9.17, 15) is 43.2 Å². The summed E-state index contributed by atoms with van der Waals surface area (Å²) >= 11 is 0. The van der Waals surface area contributed by atoms with Crippen molar-refractivity contribution in [3.63, 3.8) is 0 Å². The van der Waals surface area contributed by atoms with E-state index in [4.69, 9.17) is 37.0 Å². The summed E-state index contributed by atoms with van der Waals surface area (Å²) in [6.45, 7) is 4.57. The predicted octanol–water partition coefficient (Wildman–Crippen LogP) is 21.2. The molecule has 0 spiro atoms. The molecule has 96 heavy (non-hydrogen) atoms. The fourth-order valence-electron chi connectivity index (χ4n) is 9.85. The van der Waals surface area contributed by atoms with Gasteiger partial charge in [0, 0.05) is 25.7 Å². The van der Waals surface area contributed by atoms with Gasteiger partial charge < -0.3 is 33.8 Å². The number of carbonyl (C=O) groups is 4. The Balaban J connectivity index is 5.29. The smallest absolute Gasteiger partial charge is 0.462 e. The number of phosphoric ester groups is 2. The number of ether oxygens (including phenoxy) is 4. The Morgan fingerprint density at radius 1 is 0.302 bits per heavy atom. The lowest BCUT2D eigenvalue weighted by molar-refractivity contribution is -0.161. The van der Waals surface area contributed by atoms with Crippen molar-refractivity contribution in [3.8, 4) is 0 Å². The number of phosphoric acid groups is 2. The standard InChI is InChI=1S/C77H134O17P2/c1-5-9-13-17-21-25-29-31-33-34-35-36-38-40-44-46-50-54-58-62-75(80)88-68-73(94-77(82)64-60-56-52-48-42-28-24-20-16-12-8-4)70-92-96(85,86)90-66-71(78)65-89-95(83,84)91-69-72(93-76(81)63-59-55-51-47-41-27-23-19-15-11-7-3)67-87-74(79)61-57-53-49-45-43-39-37-32-30-26-22-18-14-10-6-2/h9-10,13-14,19,21-23,25-26,31-33,35-37,71-73,78H,5-8,11-12,15-18,20,24,27-30,34,38-70H2,1-4H3,(H,83,84)(H,85,86)/b13-9-,14-10-,23-19-,25-21-,26-22-,33-31-,36-35-,37-32-. The summed E-state index contributed by atoms with van der Waals surface area (Å²) in [5, 5.41) is 10.6. The first-order valence-electron chi connectivity index (χ1n) is 37.5. The molecular formula is C77H134O17P2. The molecule has 5 atom stereocenters. The number of carbonyl (C=O) groups excluding carboxylic acids is 4. The van der Waals surface area contributed by atoms with Crippen molar-refractivity contribution in [2.24, 2.45) is 0 Å². The van der Waals surface area contributed by atoms with Crippen LogP contribution in [0.3, 0.4) is 0 Å². The molecule has 0 amide bonds. The fraction of sp³-hybridized carbons (Fsp3) is 0.740. The highest BCUT2D eigenvalue weighted by Crippen LogP contribution is 2.45. The van der Waals surface area contributed by atoms with Gasteiger partial charge in [-0.3, -0.25) is 37.3 Å². The molecule has 0 aliphatic heterocycles. The minimum absolute atomic E-state index is 0.0810. The molecule has 0 radical (unpaired) electrons. The summed E-state index contributed by atoms with van der Waals surface area (Å²) in [6.07, 6.45) is 71.2. The molecule has 19 heteroatoms. The quantitative estimate of drug-likeness (QED) is 0.0169. The zero-order valence-electron chi connectivity index (χ0n) is 60.3. The first kappa shape index (κ1) is 92.0. The second kappa shape index (κ2) is 69.5. The molecule has 0 aromatic heterocycles. The number of aliphatic hydroxyl groups is 1. The molecule has 0 aliphatic rings. The van der Waals surface area contributed by atoms with Crippen LogP contribution in [0.5, 0.6) is 0 Å². The zero-order chi connectivity index (χ0) is 70.4. The maximum atomic E-state index is 13.0. The largest absolute Gasteiger partial charge is 0.472 e. The van der Waals surface area contributed by atoms with Crippen LogP contribution in [0.15, 0.2) is 97.2 Å². The summed E-state index contributed by atoms with van der Waals surface area (Å²) in [5.74, 6) is -2.21. The van der Waals surface area contributed by atoms with Crippen molar-refractivity contribution in [2.45, 2.75) is 329 Å². The lowest BCUT2D eigenvalue weighted by Crippen LogP contribution is -2.30. The van der Waals surface area contributed by atoms with Gasteiger partial charge in [-0.05, 0) is 116 Å². The highest BCUT2D eigenvalue weighted by molar-refractivity contribution is 7.47. The van der Waals surface area contributed by atoms with Gasteiger partial charge in [-0.1, -0.05) is 266 Å². The van der Waals surface area contributed by atoms with Crippen molar-refractivity contribution in [1.29, 1.82) is 0 Å². The fourth-order valence-corrected chi connectivity index (χ4v) is 11.4. The third kappa shape index (κ3) is 68.5. The van der Waals surface area contributed by atoms with Crippen LogP contribution < -0.4 is 0 Å². The van der Waals surface area contributed by atoms with Crippen molar-refractivity contribution >= 4 is 39.5 Å². The van der Waals surface area contributed by atoms with Crippen LogP contribution in [-0.2, 0) is 65.4 Å². The van der Waals surface area contributed by atoms with E-state index < -0.39 is 97.5 Å². The number of rotatable bonds is 70. The van der Waals surface area contributed by atoms with E-state index in [1.165, 1.54) is 51.4 Å². The van der Waals surface area contributed by atoms with Gasteiger partial charge in [0.2, 0.25) is 0 Å². The molecule has 0 saturated heterocycles. The van der Waals surface area contributed by atoms with Crippen molar-refractivity contribution in [3.05, 3.63) is 97.2 Å². The molecule has 3 N–H and O–H groups in total. The van der Waals surface area contributed by atoms with Gasteiger partial charge in [-0.25, -0.2) is 9.13 Å². The first-order chi connectivity index (χ1) is 46.7. The summed E-state index contributed by atoms with van der Waals surface area (Å²) < 4.78 is 68.3.